The van der Waals surface area contributed by atoms with Gasteiger partial charge in [0.05, 0.1) is 5.51 Å². The van der Waals surface area contributed by atoms with Gasteiger partial charge in [0.25, 0.3) is 5.91 Å². The van der Waals surface area contributed by atoms with Crippen molar-refractivity contribution in [3.8, 4) is 0 Å². The van der Waals surface area contributed by atoms with Gasteiger partial charge >= 0.3 is 0 Å². The lowest BCUT2D eigenvalue weighted by Crippen LogP contribution is -2.45. The first-order chi connectivity index (χ1) is 8.66. The van der Waals surface area contributed by atoms with Gasteiger partial charge < -0.3 is 5.32 Å². The van der Waals surface area contributed by atoms with E-state index in [1.165, 1.54) is 24.2 Å². The summed E-state index contributed by atoms with van der Waals surface area (Å²) in [7, 11) is 0. The van der Waals surface area contributed by atoms with Crippen molar-refractivity contribution in [2.45, 2.75) is 32.7 Å². The second-order valence-electron chi connectivity index (χ2n) is 5.15. The Morgan fingerprint density at radius 3 is 2.94 bits per heavy atom. The first-order valence-electron chi connectivity index (χ1n) is 6.57. The second-order valence-corrected chi connectivity index (χ2v) is 5.87. The summed E-state index contributed by atoms with van der Waals surface area (Å²) in [5.74, 6) is 0.784. The molecule has 0 bridgehead atoms. The molecule has 100 valence electrons. The number of carbonyl (C=O) groups excluding carboxylic acids is 1. The Labute approximate surface area is 112 Å². The molecule has 1 saturated heterocycles. The van der Waals surface area contributed by atoms with Crippen molar-refractivity contribution in [3.05, 3.63) is 16.6 Å². The monoisotopic (exact) mass is 267 g/mol. The lowest BCUT2D eigenvalue weighted by Gasteiger charge is -2.34. The molecule has 5 heteroatoms. The number of amides is 1. The average molecular weight is 267 g/mol. The van der Waals surface area contributed by atoms with Crippen molar-refractivity contribution in [3.63, 3.8) is 0 Å². The summed E-state index contributed by atoms with van der Waals surface area (Å²) in [5, 5.41) is 4.74. The van der Waals surface area contributed by atoms with E-state index >= 15 is 0 Å². The van der Waals surface area contributed by atoms with E-state index in [1.54, 1.807) is 10.9 Å². The van der Waals surface area contributed by atoms with E-state index in [4.69, 9.17) is 0 Å². The van der Waals surface area contributed by atoms with Gasteiger partial charge in [-0.2, -0.15) is 0 Å². The smallest absolute Gasteiger partial charge is 0.270 e. The zero-order valence-electron chi connectivity index (χ0n) is 11.1. The van der Waals surface area contributed by atoms with E-state index in [-0.39, 0.29) is 5.91 Å². The Kier molecular flexibility index (Phi) is 4.72. The Bertz CT molecular complexity index is 372. The highest BCUT2D eigenvalue weighted by atomic mass is 32.1. The van der Waals surface area contributed by atoms with Crippen LogP contribution in [0.15, 0.2) is 10.9 Å². The van der Waals surface area contributed by atoms with Crippen LogP contribution in [-0.4, -0.2) is 41.5 Å². The Morgan fingerprint density at radius 1 is 1.61 bits per heavy atom. The zero-order valence-corrected chi connectivity index (χ0v) is 11.9. The van der Waals surface area contributed by atoms with E-state index in [9.17, 15) is 4.79 Å². The summed E-state index contributed by atoms with van der Waals surface area (Å²) in [5.41, 5.74) is 2.21. The summed E-state index contributed by atoms with van der Waals surface area (Å²) < 4.78 is 0. The van der Waals surface area contributed by atoms with Crippen LogP contribution in [0.3, 0.4) is 0 Å². The first-order valence-corrected chi connectivity index (χ1v) is 7.51. The number of rotatable bonds is 4. The molecule has 2 heterocycles. The minimum Gasteiger partial charge on any atom is -0.349 e. The molecular formula is C13H21N3OS. The highest BCUT2D eigenvalue weighted by Crippen LogP contribution is 2.17. The summed E-state index contributed by atoms with van der Waals surface area (Å²) >= 11 is 1.45. The number of nitrogens with one attached hydrogen (secondary N) is 1. The molecule has 1 aliphatic rings. The molecule has 1 aromatic rings. The average Bonchev–Trinajstić information content (AvgIpc) is 2.90. The molecular weight excluding hydrogens is 246 g/mol. The van der Waals surface area contributed by atoms with E-state index < -0.39 is 0 Å². The predicted octanol–water partition coefficient (Wildman–Crippen LogP) is 1.99. The van der Waals surface area contributed by atoms with E-state index in [2.05, 4.69) is 29.0 Å². The third-order valence-electron chi connectivity index (χ3n) is 3.66. The zero-order chi connectivity index (χ0) is 13.0. The topological polar surface area (TPSA) is 45.2 Å². The molecule has 2 rings (SSSR count). The summed E-state index contributed by atoms with van der Waals surface area (Å²) in [6, 6.07) is 0.403. The predicted molar refractivity (Wildman–Crippen MR) is 73.9 cm³/mol. The van der Waals surface area contributed by atoms with Crippen molar-refractivity contribution >= 4 is 17.2 Å². The fraction of sp³-hybridized carbons (Fsp3) is 0.692. The van der Waals surface area contributed by atoms with Crippen LogP contribution in [0.1, 0.15) is 37.2 Å². The van der Waals surface area contributed by atoms with Gasteiger partial charge in [-0.1, -0.05) is 6.92 Å². The van der Waals surface area contributed by atoms with Crippen molar-refractivity contribution in [1.82, 2.24) is 15.2 Å². The maximum atomic E-state index is 11.8. The normalized spacial score (nSPS) is 19.7. The molecule has 0 aliphatic carbocycles. The van der Waals surface area contributed by atoms with Gasteiger partial charge in [0.1, 0.15) is 5.69 Å². The molecule has 1 aromatic heterocycles. The van der Waals surface area contributed by atoms with Crippen molar-refractivity contribution in [1.29, 1.82) is 0 Å². The number of thiazole rings is 1. The lowest BCUT2D eigenvalue weighted by molar-refractivity contribution is 0.0917. The molecule has 4 nitrogen and oxygen atoms in total. The van der Waals surface area contributed by atoms with Crippen LogP contribution in [0.2, 0.25) is 0 Å². The van der Waals surface area contributed by atoms with Gasteiger partial charge in [0, 0.05) is 18.0 Å². The molecule has 1 N–H and O–H groups in total. The number of carbonyl (C=O) groups is 1. The quantitative estimate of drug-likeness (QED) is 0.907. The van der Waals surface area contributed by atoms with Crippen LogP contribution < -0.4 is 5.32 Å². The fourth-order valence-corrected chi connectivity index (χ4v) is 2.79. The van der Waals surface area contributed by atoms with Crippen LogP contribution in [0.25, 0.3) is 0 Å². The number of nitrogens with zero attached hydrogens (tertiary/aromatic N) is 2. The number of hydrogen-bond donors (Lipinski definition) is 1. The number of hydrogen-bond acceptors (Lipinski definition) is 4. The number of piperidine rings is 1. The molecule has 1 amide bonds. The minimum atomic E-state index is -0.0616. The summed E-state index contributed by atoms with van der Waals surface area (Å²) in [6.07, 6.45) is 2.54. The van der Waals surface area contributed by atoms with Crippen molar-refractivity contribution in [2.75, 3.05) is 19.6 Å². The van der Waals surface area contributed by atoms with Gasteiger partial charge in [-0.25, -0.2) is 4.98 Å². The molecule has 1 aliphatic heterocycles. The molecule has 0 radical (unpaired) electrons. The SMILES string of the molecule is CC1CCN(C(C)CNC(=O)c2cscn2)CC1. The first kappa shape index (κ1) is 13.5. The summed E-state index contributed by atoms with van der Waals surface area (Å²) in [6.45, 7) is 7.48. The second kappa shape index (κ2) is 6.29. The third-order valence-corrected chi connectivity index (χ3v) is 4.25. The van der Waals surface area contributed by atoms with Gasteiger partial charge in [-0.15, -0.1) is 11.3 Å². The molecule has 0 saturated carbocycles. The summed E-state index contributed by atoms with van der Waals surface area (Å²) in [4.78, 5) is 18.2. The number of aromatic nitrogens is 1. The minimum absolute atomic E-state index is 0.0616. The Hall–Kier alpha value is -0.940. The molecule has 1 fully saturated rings. The van der Waals surface area contributed by atoms with Crippen LogP contribution >= 0.6 is 11.3 Å². The number of likely N-dealkylation sites (tertiary alicyclic amines) is 1. The van der Waals surface area contributed by atoms with Crippen LogP contribution in [0, 0.1) is 5.92 Å². The van der Waals surface area contributed by atoms with Crippen LogP contribution in [-0.2, 0) is 0 Å². The standard InChI is InChI=1S/C13H21N3OS/c1-10-3-5-16(6-4-10)11(2)7-14-13(17)12-8-18-9-15-12/h8-11H,3-7H2,1-2H3,(H,14,17). The highest BCUT2D eigenvalue weighted by Gasteiger charge is 2.20. The Morgan fingerprint density at radius 2 is 2.33 bits per heavy atom. The van der Waals surface area contributed by atoms with Gasteiger partial charge in [-0.3, -0.25) is 9.69 Å². The van der Waals surface area contributed by atoms with E-state index in [0.29, 0.717) is 18.3 Å². The lowest BCUT2D eigenvalue weighted by atomic mass is 9.98. The molecule has 0 spiro atoms. The van der Waals surface area contributed by atoms with Crippen molar-refractivity contribution < 1.29 is 4.79 Å². The maximum absolute atomic E-state index is 11.8. The van der Waals surface area contributed by atoms with Gasteiger partial charge in [0.15, 0.2) is 0 Å². The fourth-order valence-electron chi connectivity index (χ4n) is 2.25. The largest absolute Gasteiger partial charge is 0.349 e. The molecule has 0 aromatic carbocycles. The molecule has 18 heavy (non-hydrogen) atoms. The molecule has 1 unspecified atom stereocenters. The van der Waals surface area contributed by atoms with Crippen LogP contribution in [0.4, 0.5) is 0 Å². The molecule has 1 atom stereocenters. The van der Waals surface area contributed by atoms with E-state index in [1.807, 2.05) is 0 Å². The van der Waals surface area contributed by atoms with Gasteiger partial charge in [-0.05, 0) is 38.8 Å². The van der Waals surface area contributed by atoms with Crippen molar-refractivity contribution in [2.24, 2.45) is 5.92 Å². The van der Waals surface area contributed by atoms with Crippen LogP contribution in [0.5, 0.6) is 0 Å². The Balaban J connectivity index is 1.74. The van der Waals surface area contributed by atoms with Gasteiger partial charge in [0.2, 0.25) is 0 Å². The third kappa shape index (κ3) is 3.53. The van der Waals surface area contributed by atoms with E-state index in [0.717, 1.165) is 19.0 Å². The maximum Gasteiger partial charge on any atom is 0.270 e. The highest BCUT2D eigenvalue weighted by molar-refractivity contribution is 7.07.